The van der Waals surface area contributed by atoms with E-state index >= 15 is 0 Å². The summed E-state index contributed by atoms with van der Waals surface area (Å²) in [6.07, 6.45) is 4.88. The minimum atomic E-state index is 0.195. The average molecular weight is 201 g/mol. The van der Waals surface area contributed by atoms with Gasteiger partial charge in [-0.2, -0.15) is 12.6 Å². The molecule has 2 nitrogen and oxygen atoms in total. The van der Waals surface area contributed by atoms with Crippen LogP contribution in [0.3, 0.4) is 0 Å². The van der Waals surface area contributed by atoms with Gasteiger partial charge >= 0.3 is 0 Å². The molecule has 1 rings (SSSR count). The summed E-state index contributed by atoms with van der Waals surface area (Å²) in [5, 5.41) is 0. The monoisotopic (exact) mass is 201 g/mol. The first-order valence-electron chi connectivity index (χ1n) is 5.16. The molecule has 1 heterocycles. The molecule has 3 heteroatoms. The second-order valence-electron chi connectivity index (χ2n) is 3.74. The van der Waals surface area contributed by atoms with Crippen LogP contribution >= 0.6 is 12.6 Å². The van der Waals surface area contributed by atoms with E-state index in [1.807, 2.05) is 4.90 Å². The molecular formula is C10H19NOS. The third-order valence-electron chi connectivity index (χ3n) is 2.91. The number of carbonyl (C=O) groups is 1. The zero-order valence-electron chi connectivity index (χ0n) is 8.33. The fraction of sp³-hybridized carbons (Fsp3) is 0.900. The molecule has 0 bridgehead atoms. The highest BCUT2D eigenvalue weighted by Crippen LogP contribution is 2.20. The molecule has 1 fully saturated rings. The lowest BCUT2D eigenvalue weighted by Gasteiger charge is -2.19. The summed E-state index contributed by atoms with van der Waals surface area (Å²) >= 11 is 4.02. The van der Waals surface area contributed by atoms with Gasteiger partial charge in [-0.05, 0) is 25.2 Å². The standard InChI is InChI=1S/C10H19NOS/c1-2-9-4-3-6-11(7-5-9)10(12)8-13/h9,13H,2-8H2,1H3. The topological polar surface area (TPSA) is 20.3 Å². The molecule has 0 radical (unpaired) electrons. The maximum Gasteiger partial charge on any atom is 0.232 e. The molecule has 1 unspecified atom stereocenters. The van der Waals surface area contributed by atoms with Gasteiger partial charge in [0.2, 0.25) is 5.91 Å². The van der Waals surface area contributed by atoms with Crippen LogP contribution in [0.2, 0.25) is 0 Å². The van der Waals surface area contributed by atoms with Crippen LogP contribution in [0.25, 0.3) is 0 Å². The quantitative estimate of drug-likeness (QED) is 0.677. The van der Waals surface area contributed by atoms with E-state index in [9.17, 15) is 4.79 Å². The highest BCUT2D eigenvalue weighted by Gasteiger charge is 2.18. The van der Waals surface area contributed by atoms with E-state index in [4.69, 9.17) is 0 Å². The zero-order valence-corrected chi connectivity index (χ0v) is 9.22. The third kappa shape index (κ3) is 3.22. The van der Waals surface area contributed by atoms with Crippen LogP contribution in [0, 0.1) is 5.92 Å². The SMILES string of the molecule is CCC1CCCN(C(=O)CS)CC1. The predicted octanol–water partition coefficient (Wildman–Crippen LogP) is 1.95. The summed E-state index contributed by atoms with van der Waals surface area (Å²) < 4.78 is 0. The molecule has 0 aromatic heterocycles. The number of hydrogen-bond donors (Lipinski definition) is 1. The van der Waals surface area contributed by atoms with Gasteiger partial charge in [-0.1, -0.05) is 13.3 Å². The van der Waals surface area contributed by atoms with Crippen molar-refractivity contribution < 1.29 is 4.79 Å². The maximum absolute atomic E-state index is 11.4. The van der Waals surface area contributed by atoms with Gasteiger partial charge in [0, 0.05) is 13.1 Å². The lowest BCUT2D eigenvalue weighted by molar-refractivity contribution is -0.128. The highest BCUT2D eigenvalue weighted by molar-refractivity contribution is 7.81. The van der Waals surface area contributed by atoms with Crippen molar-refractivity contribution in [3.8, 4) is 0 Å². The van der Waals surface area contributed by atoms with Crippen LogP contribution in [0.4, 0.5) is 0 Å². The number of carbonyl (C=O) groups excluding carboxylic acids is 1. The van der Waals surface area contributed by atoms with Gasteiger partial charge in [-0.15, -0.1) is 0 Å². The Morgan fingerprint density at radius 2 is 2.23 bits per heavy atom. The van der Waals surface area contributed by atoms with Crippen LogP contribution in [-0.2, 0) is 4.79 Å². The summed E-state index contributed by atoms with van der Waals surface area (Å²) in [4.78, 5) is 13.3. The average Bonchev–Trinajstić information content (AvgIpc) is 2.41. The zero-order chi connectivity index (χ0) is 9.68. The molecule has 0 aromatic rings. The molecule has 1 atom stereocenters. The Kier molecular flexibility index (Phi) is 4.64. The Balaban J connectivity index is 2.40. The van der Waals surface area contributed by atoms with Crippen molar-refractivity contribution in [2.75, 3.05) is 18.8 Å². The van der Waals surface area contributed by atoms with E-state index in [1.54, 1.807) is 0 Å². The van der Waals surface area contributed by atoms with E-state index in [-0.39, 0.29) is 5.91 Å². The summed E-state index contributed by atoms with van der Waals surface area (Å²) in [6.45, 7) is 4.12. The molecule has 1 aliphatic rings. The Hall–Kier alpha value is -0.180. The van der Waals surface area contributed by atoms with Gasteiger partial charge in [-0.3, -0.25) is 4.79 Å². The van der Waals surface area contributed by atoms with Crippen molar-refractivity contribution in [1.29, 1.82) is 0 Å². The van der Waals surface area contributed by atoms with Crippen LogP contribution in [0.15, 0.2) is 0 Å². The van der Waals surface area contributed by atoms with E-state index < -0.39 is 0 Å². The molecule has 1 saturated heterocycles. The van der Waals surface area contributed by atoms with Gasteiger partial charge in [-0.25, -0.2) is 0 Å². The molecule has 0 saturated carbocycles. The van der Waals surface area contributed by atoms with Crippen molar-refractivity contribution in [3.63, 3.8) is 0 Å². The minimum Gasteiger partial charge on any atom is -0.342 e. The van der Waals surface area contributed by atoms with E-state index in [2.05, 4.69) is 19.6 Å². The summed E-state index contributed by atoms with van der Waals surface area (Å²) in [5.74, 6) is 1.38. The predicted molar refractivity (Wildman–Crippen MR) is 58.1 cm³/mol. The van der Waals surface area contributed by atoms with Crippen LogP contribution in [-0.4, -0.2) is 29.6 Å². The largest absolute Gasteiger partial charge is 0.342 e. The van der Waals surface area contributed by atoms with E-state index in [1.165, 1.54) is 19.3 Å². The minimum absolute atomic E-state index is 0.195. The number of hydrogen-bond acceptors (Lipinski definition) is 2. The molecule has 0 spiro atoms. The second kappa shape index (κ2) is 5.53. The van der Waals surface area contributed by atoms with Gasteiger partial charge in [0.25, 0.3) is 0 Å². The smallest absolute Gasteiger partial charge is 0.232 e. The molecule has 0 aliphatic carbocycles. The second-order valence-corrected chi connectivity index (χ2v) is 4.06. The molecular weight excluding hydrogens is 182 g/mol. The van der Waals surface area contributed by atoms with Crippen molar-refractivity contribution >= 4 is 18.5 Å². The number of thiol groups is 1. The highest BCUT2D eigenvalue weighted by atomic mass is 32.1. The summed E-state index contributed by atoms with van der Waals surface area (Å²) in [6, 6.07) is 0. The summed E-state index contributed by atoms with van der Waals surface area (Å²) in [7, 11) is 0. The van der Waals surface area contributed by atoms with E-state index in [0.717, 1.165) is 25.4 Å². The number of nitrogens with zero attached hydrogens (tertiary/aromatic N) is 1. The van der Waals surface area contributed by atoms with Gasteiger partial charge in [0.05, 0.1) is 5.75 Å². The number of rotatable bonds is 2. The fourth-order valence-corrected chi connectivity index (χ4v) is 2.12. The fourth-order valence-electron chi connectivity index (χ4n) is 1.92. The molecule has 0 aromatic carbocycles. The molecule has 76 valence electrons. The summed E-state index contributed by atoms with van der Waals surface area (Å²) in [5.41, 5.74) is 0. The van der Waals surface area contributed by atoms with Crippen molar-refractivity contribution in [2.45, 2.75) is 32.6 Å². The first-order chi connectivity index (χ1) is 6.27. The first-order valence-corrected chi connectivity index (χ1v) is 5.79. The maximum atomic E-state index is 11.4. The molecule has 1 amide bonds. The normalized spacial score (nSPS) is 24.2. The van der Waals surface area contributed by atoms with Gasteiger partial charge in [0.1, 0.15) is 0 Å². The third-order valence-corrected chi connectivity index (χ3v) is 3.18. The van der Waals surface area contributed by atoms with Crippen LogP contribution < -0.4 is 0 Å². The van der Waals surface area contributed by atoms with Gasteiger partial charge < -0.3 is 4.90 Å². The molecule has 13 heavy (non-hydrogen) atoms. The Morgan fingerprint density at radius 1 is 1.46 bits per heavy atom. The lowest BCUT2D eigenvalue weighted by atomic mass is 9.98. The number of likely N-dealkylation sites (tertiary alicyclic amines) is 1. The Labute approximate surface area is 86.1 Å². The van der Waals surface area contributed by atoms with Crippen molar-refractivity contribution in [3.05, 3.63) is 0 Å². The molecule has 1 aliphatic heterocycles. The van der Waals surface area contributed by atoms with E-state index in [0.29, 0.717) is 5.75 Å². The van der Waals surface area contributed by atoms with Crippen molar-refractivity contribution in [2.24, 2.45) is 5.92 Å². The Bertz CT molecular complexity index is 172. The lowest BCUT2D eigenvalue weighted by Crippen LogP contribution is -2.32. The number of amides is 1. The van der Waals surface area contributed by atoms with Gasteiger partial charge in [0.15, 0.2) is 0 Å². The molecule has 0 N–H and O–H groups in total. The van der Waals surface area contributed by atoms with Crippen LogP contribution in [0.1, 0.15) is 32.6 Å². The van der Waals surface area contributed by atoms with Crippen LogP contribution in [0.5, 0.6) is 0 Å². The first kappa shape index (κ1) is 10.9. The Morgan fingerprint density at radius 3 is 2.85 bits per heavy atom. The van der Waals surface area contributed by atoms with Crippen molar-refractivity contribution in [1.82, 2.24) is 4.90 Å².